The molecule has 0 aliphatic heterocycles. The first-order valence-electron chi connectivity index (χ1n) is 3.80. The second kappa shape index (κ2) is 2.71. The van der Waals surface area contributed by atoms with Crippen molar-refractivity contribution in [3.05, 3.63) is 40.4 Å². The van der Waals surface area contributed by atoms with E-state index in [2.05, 4.69) is 24.3 Å². The molecule has 0 atom stereocenters. The van der Waals surface area contributed by atoms with E-state index in [1.54, 1.807) is 0 Å². The topological polar surface area (TPSA) is 0 Å². The first-order chi connectivity index (χ1) is 5.36. The smallest absolute Gasteiger partial charge is 0.0190 e. The van der Waals surface area contributed by atoms with Crippen LogP contribution in [0.3, 0.4) is 0 Å². The Labute approximate surface area is 71.5 Å². The summed E-state index contributed by atoms with van der Waals surface area (Å²) in [5.41, 5.74) is 2.70. The zero-order valence-corrected chi connectivity index (χ0v) is 6.93. The highest BCUT2D eigenvalue weighted by Gasteiger charge is 2.06. The Morgan fingerprint density at radius 2 is 1.91 bits per heavy atom. The van der Waals surface area contributed by atoms with Gasteiger partial charge < -0.3 is 0 Å². The number of hydrogen-bond donors (Lipinski definition) is 0. The number of fused-ring (bicyclic) bond motifs is 1. The van der Waals surface area contributed by atoms with E-state index in [9.17, 15) is 0 Å². The van der Waals surface area contributed by atoms with Crippen LogP contribution in [0.25, 0.3) is 6.08 Å². The lowest BCUT2D eigenvalue weighted by Crippen LogP contribution is -1.94. The second-order valence-electron chi connectivity index (χ2n) is 2.79. The van der Waals surface area contributed by atoms with Crippen LogP contribution in [0.1, 0.15) is 17.5 Å². The largest absolute Gasteiger partial charge is 0.0891 e. The van der Waals surface area contributed by atoms with Crippen LogP contribution in [-0.4, -0.2) is 0 Å². The molecule has 0 saturated carbocycles. The van der Waals surface area contributed by atoms with Crippen LogP contribution < -0.4 is 0 Å². The van der Waals surface area contributed by atoms with Crippen LogP contribution >= 0.6 is 11.6 Å². The molecule has 2 rings (SSSR count). The molecular weight excluding hydrogens is 156 g/mol. The SMILES string of the molecule is ClC1=Cc2ccccc2CC1. The Balaban J connectivity index is 2.51. The summed E-state index contributed by atoms with van der Waals surface area (Å²) < 4.78 is 0. The van der Waals surface area contributed by atoms with Gasteiger partial charge in [0.25, 0.3) is 0 Å². The zero-order chi connectivity index (χ0) is 7.68. The standard InChI is InChI=1S/C10H9Cl/c11-10-6-5-8-3-1-2-4-9(8)7-10/h1-4,7H,5-6H2. The summed E-state index contributed by atoms with van der Waals surface area (Å²) in [4.78, 5) is 0. The lowest BCUT2D eigenvalue weighted by molar-refractivity contribution is 0.970. The molecule has 0 N–H and O–H groups in total. The first kappa shape index (κ1) is 6.93. The molecule has 0 radical (unpaired) electrons. The van der Waals surface area contributed by atoms with E-state index in [1.807, 2.05) is 6.07 Å². The average Bonchev–Trinajstić information content (AvgIpc) is 2.04. The van der Waals surface area contributed by atoms with Gasteiger partial charge in [0.05, 0.1) is 0 Å². The van der Waals surface area contributed by atoms with Gasteiger partial charge in [-0.25, -0.2) is 0 Å². The summed E-state index contributed by atoms with van der Waals surface area (Å²) >= 11 is 5.91. The minimum absolute atomic E-state index is 0.976. The molecule has 1 heteroatoms. The van der Waals surface area contributed by atoms with Crippen molar-refractivity contribution < 1.29 is 0 Å². The Hall–Kier alpha value is -0.750. The van der Waals surface area contributed by atoms with Crippen LogP contribution in [0.2, 0.25) is 0 Å². The third-order valence-corrected chi connectivity index (χ3v) is 2.30. The van der Waals surface area contributed by atoms with Gasteiger partial charge in [0.15, 0.2) is 0 Å². The maximum absolute atomic E-state index is 5.91. The Morgan fingerprint density at radius 3 is 2.82 bits per heavy atom. The van der Waals surface area contributed by atoms with Gasteiger partial charge in [0.1, 0.15) is 0 Å². The van der Waals surface area contributed by atoms with Crippen molar-refractivity contribution in [3.63, 3.8) is 0 Å². The molecule has 1 aliphatic carbocycles. The number of hydrogen-bond acceptors (Lipinski definition) is 0. The molecule has 1 aromatic rings. The van der Waals surface area contributed by atoms with Crippen molar-refractivity contribution in [3.8, 4) is 0 Å². The van der Waals surface area contributed by atoms with Crippen molar-refractivity contribution >= 4 is 17.7 Å². The average molecular weight is 165 g/mol. The molecule has 0 heterocycles. The van der Waals surface area contributed by atoms with Gasteiger partial charge in [-0.1, -0.05) is 35.9 Å². The highest BCUT2D eigenvalue weighted by Crippen LogP contribution is 2.25. The Kier molecular flexibility index (Phi) is 1.71. The molecule has 0 amide bonds. The Bertz CT molecular complexity index is 299. The molecule has 0 spiro atoms. The van der Waals surface area contributed by atoms with E-state index in [4.69, 9.17) is 11.6 Å². The predicted octanol–water partition coefficient (Wildman–Crippen LogP) is 3.21. The summed E-state index contributed by atoms with van der Waals surface area (Å²) in [7, 11) is 0. The van der Waals surface area contributed by atoms with Gasteiger partial charge in [0, 0.05) is 5.03 Å². The molecule has 1 aliphatic rings. The highest BCUT2D eigenvalue weighted by atomic mass is 35.5. The quantitative estimate of drug-likeness (QED) is 0.553. The van der Waals surface area contributed by atoms with E-state index in [0.717, 1.165) is 17.9 Å². The predicted molar refractivity (Wildman–Crippen MR) is 48.6 cm³/mol. The van der Waals surface area contributed by atoms with Crippen LogP contribution in [0.4, 0.5) is 0 Å². The van der Waals surface area contributed by atoms with Gasteiger partial charge in [-0.15, -0.1) is 0 Å². The van der Waals surface area contributed by atoms with E-state index in [1.165, 1.54) is 11.1 Å². The maximum Gasteiger partial charge on any atom is 0.0190 e. The van der Waals surface area contributed by atoms with E-state index in [-0.39, 0.29) is 0 Å². The molecule has 0 saturated heterocycles. The van der Waals surface area contributed by atoms with Crippen LogP contribution in [0.15, 0.2) is 29.3 Å². The molecule has 0 bridgehead atoms. The van der Waals surface area contributed by atoms with Crippen LogP contribution in [0.5, 0.6) is 0 Å². The fourth-order valence-electron chi connectivity index (χ4n) is 1.40. The second-order valence-corrected chi connectivity index (χ2v) is 3.28. The van der Waals surface area contributed by atoms with Crippen molar-refractivity contribution in [2.45, 2.75) is 12.8 Å². The van der Waals surface area contributed by atoms with Crippen molar-refractivity contribution in [2.24, 2.45) is 0 Å². The van der Waals surface area contributed by atoms with Crippen molar-refractivity contribution in [1.82, 2.24) is 0 Å². The minimum atomic E-state index is 0.976. The van der Waals surface area contributed by atoms with E-state index < -0.39 is 0 Å². The molecule has 56 valence electrons. The summed E-state index contributed by atoms with van der Waals surface area (Å²) in [5, 5.41) is 0.976. The summed E-state index contributed by atoms with van der Waals surface area (Å²) in [6.45, 7) is 0. The van der Waals surface area contributed by atoms with E-state index >= 15 is 0 Å². The van der Waals surface area contributed by atoms with Crippen molar-refractivity contribution in [1.29, 1.82) is 0 Å². The number of rotatable bonds is 0. The number of allylic oxidation sites excluding steroid dienone is 1. The molecule has 11 heavy (non-hydrogen) atoms. The molecule has 0 aromatic heterocycles. The highest BCUT2D eigenvalue weighted by molar-refractivity contribution is 6.31. The molecule has 0 nitrogen and oxygen atoms in total. The van der Waals surface area contributed by atoms with Gasteiger partial charge in [-0.05, 0) is 30.0 Å². The molecule has 1 aromatic carbocycles. The lowest BCUT2D eigenvalue weighted by atomic mass is 9.98. The van der Waals surface area contributed by atoms with Gasteiger partial charge in [-0.2, -0.15) is 0 Å². The van der Waals surface area contributed by atoms with Gasteiger partial charge in [0.2, 0.25) is 0 Å². The summed E-state index contributed by atoms with van der Waals surface area (Å²) in [6.07, 6.45) is 4.14. The summed E-state index contributed by atoms with van der Waals surface area (Å²) in [6, 6.07) is 8.39. The fraction of sp³-hybridized carbons (Fsp3) is 0.200. The van der Waals surface area contributed by atoms with Crippen LogP contribution in [0, 0.1) is 0 Å². The lowest BCUT2D eigenvalue weighted by Gasteiger charge is -2.11. The van der Waals surface area contributed by atoms with E-state index in [0.29, 0.717) is 0 Å². The number of aryl methyl sites for hydroxylation is 1. The monoisotopic (exact) mass is 164 g/mol. The molecule has 0 unspecified atom stereocenters. The fourth-order valence-corrected chi connectivity index (χ4v) is 1.61. The third-order valence-electron chi connectivity index (χ3n) is 2.00. The first-order valence-corrected chi connectivity index (χ1v) is 4.18. The zero-order valence-electron chi connectivity index (χ0n) is 6.18. The van der Waals surface area contributed by atoms with Crippen molar-refractivity contribution in [2.75, 3.05) is 0 Å². The number of halogens is 1. The summed E-state index contributed by atoms with van der Waals surface area (Å²) in [5.74, 6) is 0. The molecular formula is C10H9Cl. The van der Waals surface area contributed by atoms with Crippen LogP contribution in [-0.2, 0) is 6.42 Å². The molecule has 0 fully saturated rings. The van der Waals surface area contributed by atoms with Gasteiger partial charge in [-0.3, -0.25) is 0 Å². The number of benzene rings is 1. The minimum Gasteiger partial charge on any atom is -0.0891 e. The normalized spacial score (nSPS) is 15.5. The van der Waals surface area contributed by atoms with Gasteiger partial charge >= 0.3 is 0 Å². The third kappa shape index (κ3) is 1.31. The Morgan fingerprint density at radius 1 is 1.09 bits per heavy atom. The maximum atomic E-state index is 5.91.